The van der Waals surface area contributed by atoms with Gasteiger partial charge < -0.3 is 5.43 Å². The first-order valence-electron chi connectivity index (χ1n) is 6.28. The molecular formula is C12H16N4S3. The maximum Gasteiger partial charge on any atom is 0.152 e. The summed E-state index contributed by atoms with van der Waals surface area (Å²) < 4.78 is 0. The first-order valence-corrected chi connectivity index (χ1v) is 9.30. The maximum atomic E-state index is 5.62. The van der Waals surface area contributed by atoms with Crippen molar-refractivity contribution in [3.05, 3.63) is 16.8 Å². The van der Waals surface area contributed by atoms with E-state index in [4.69, 9.17) is 10.8 Å². The van der Waals surface area contributed by atoms with Crippen molar-refractivity contribution < 1.29 is 0 Å². The number of anilines is 1. The lowest BCUT2D eigenvalue weighted by atomic mass is 10.3. The highest BCUT2D eigenvalue weighted by atomic mass is 32.2. The Kier molecular flexibility index (Phi) is 4.16. The molecule has 1 atom stereocenters. The monoisotopic (exact) mass is 312 g/mol. The van der Waals surface area contributed by atoms with Crippen LogP contribution in [0, 0.1) is 0 Å². The molecule has 0 aromatic carbocycles. The van der Waals surface area contributed by atoms with Crippen molar-refractivity contribution in [3.63, 3.8) is 0 Å². The molecule has 2 aromatic rings. The molecule has 0 aliphatic carbocycles. The summed E-state index contributed by atoms with van der Waals surface area (Å²) in [5.74, 6) is 10.8. The second-order valence-corrected chi connectivity index (χ2v) is 7.87. The van der Waals surface area contributed by atoms with E-state index in [1.165, 1.54) is 16.4 Å². The van der Waals surface area contributed by atoms with Gasteiger partial charge in [0.1, 0.15) is 10.7 Å². The van der Waals surface area contributed by atoms with Crippen LogP contribution < -0.4 is 11.3 Å². The van der Waals surface area contributed by atoms with Crippen LogP contribution >= 0.6 is 34.9 Å². The van der Waals surface area contributed by atoms with Gasteiger partial charge in [0.25, 0.3) is 0 Å². The molecule has 0 amide bonds. The lowest BCUT2D eigenvalue weighted by Gasteiger charge is -2.20. The van der Waals surface area contributed by atoms with Gasteiger partial charge in [-0.05, 0) is 12.5 Å². The lowest BCUT2D eigenvalue weighted by Crippen LogP contribution is -2.14. The van der Waals surface area contributed by atoms with Crippen LogP contribution in [0.2, 0.25) is 0 Å². The number of fused-ring (bicyclic) bond motifs is 1. The number of rotatable bonds is 3. The van der Waals surface area contributed by atoms with Gasteiger partial charge in [0, 0.05) is 22.1 Å². The summed E-state index contributed by atoms with van der Waals surface area (Å²) in [6.45, 7) is 2.15. The Labute approximate surface area is 124 Å². The summed E-state index contributed by atoms with van der Waals surface area (Å²) in [5.41, 5.74) is 2.73. The highest BCUT2D eigenvalue weighted by molar-refractivity contribution is 8.06. The Morgan fingerprint density at radius 3 is 3.00 bits per heavy atom. The van der Waals surface area contributed by atoms with E-state index < -0.39 is 0 Å². The van der Waals surface area contributed by atoms with Crippen LogP contribution in [-0.2, 0) is 6.42 Å². The number of hydrogen-bond acceptors (Lipinski definition) is 7. The Hall–Kier alpha value is -0.500. The number of thiophene rings is 1. The molecule has 7 heteroatoms. The van der Waals surface area contributed by atoms with Crippen molar-refractivity contribution in [2.24, 2.45) is 5.84 Å². The molecule has 1 unspecified atom stereocenters. The molecule has 102 valence electrons. The second-order valence-electron chi connectivity index (χ2n) is 4.29. The van der Waals surface area contributed by atoms with Gasteiger partial charge >= 0.3 is 0 Å². The fourth-order valence-electron chi connectivity index (χ4n) is 2.05. The van der Waals surface area contributed by atoms with E-state index in [0.717, 1.165) is 34.0 Å². The largest absolute Gasteiger partial charge is 0.308 e. The third kappa shape index (κ3) is 2.69. The number of hydrazine groups is 1. The molecule has 19 heavy (non-hydrogen) atoms. The molecule has 0 spiro atoms. The van der Waals surface area contributed by atoms with E-state index in [1.54, 1.807) is 11.3 Å². The average Bonchev–Trinajstić information content (AvgIpc) is 2.90. The van der Waals surface area contributed by atoms with E-state index in [1.807, 2.05) is 23.5 Å². The first-order chi connectivity index (χ1) is 9.31. The predicted octanol–water partition coefficient (Wildman–Crippen LogP) is 3.06. The van der Waals surface area contributed by atoms with Crippen LogP contribution in [0.5, 0.6) is 0 Å². The fourth-order valence-corrected chi connectivity index (χ4v) is 5.63. The summed E-state index contributed by atoms with van der Waals surface area (Å²) in [4.78, 5) is 11.7. The number of thioether (sulfide) groups is 2. The molecule has 4 nitrogen and oxygen atoms in total. The molecule has 1 fully saturated rings. The number of nitrogens with one attached hydrogen (secondary N) is 1. The Morgan fingerprint density at radius 1 is 1.42 bits per heavy atom. The predicted molar refractivity (Wildman–Crippen MR) is 87.1 cm³/mol. The van der Waals surface area contributed by atoms with Crippen LogP contribution in [0.3, 0.4) is 0 Å². The molecule has 1 saturated heterocycles. The summed E-state index contributed by atoms with van der Waals surface area (Å²) in [6, 6.07) is 2.14. The Bertz CT molecular complexity index is 578. The highest BCUT2D eigenvalue weighted by Crippen LogP contribution is 2.37. The summed E-state index contributed by atoms with van der Waals surface area (Å²) >= 11 is 5.67. The van der Waals surface area contributed by atoms with Crippen LogP contribution in [-0.4, -0.2) is 27.2 Å². The molecule has 2 aromatic heterocycles. The zero-order valence-corrected chi connectivity index (χ0v) is 13.1. The van der Waals surface area contributed by atoms with Crippen molar-refractivity contribution in [1.82, 2.24) is 9.97 Å². The van der Waals surface area contributed by atoms with E-state index in [2.05, 4.69) is 23.4 Å². The minimum absolute atomic E-state index is 0.391. The molecule has 0 bridgehead atoms. The van der Waals surface area contributed by atoms with Gasteiger partial charge in [-0.2, -0.15) is 11.8 Å². The minimum atomic E-state index is 0.391. The molecule has 3 heterocycles. The van der Waals surface area contributed by atoms with Crippen molar-refractivity contribution >= 4 is 50.9 Å². The standard InChI is InChI=1S/C12H16N4S3/c1-2-7-5-8-10(16-13)14-11(15-12(8)19-7)9-6-17-3-4-18-9/h5,9H,2-4,6,13H2,1H3,(H,14,15,16). The summed E-state index contributed by atoms with van der Waals surface area (Å²) in [6.07, 6.45) is 1.02. The molecular weight excluding hydrogens is 296 g/mol. The van der Waals surface area contributed by atoms with Crippen molar-refractivity contribution in [2.45, 2.75) is 18.6 Å². The maximum absolute atomic E-state index is 5.62. The Morgan fingerprint density at radius 2 is 2.32 bits per heavy atom. The van der Waals surface area contributed by atoms with E-state index in [0.29, 0.717) is 5.25 Å². The van der Waals surface area contributed by atoms with Crippen molar-refractivity contribution in [3.8, 4) is 0 Å². The number of nitrogen functional groups attached to an aromatic ring is 1. The summed E-state index contributed by atoms with van der Waals surface area (Å²) in [7, 11) is 0. The van der Waals surface area contributed by atoms with Gasteiger partial charge in [-0.3, -0.25) is 0 Å². The molecule has 3 N–H and O–H groups in total. The first kappa shape index (κ1) is 13.5. The number of hydrogen-bond donors (Lipinski definition) is 2. The average molecular weight is 312 g/mol. The van der Waals surface area contributed by atoms with Crippen molar-refractivity contribution in [2.75, 3.05) is 22.7 Å². The van der Waals surface area contributed by atoms with Gasteiger partial charge in [0.05, 0.1) is 10.6 Å². The zero-order valence-electron chi connectivity index (χ0n) is 10.7. The number of nitrogens with zero attached hydrogens (tertiary/aromatic N) is 2. The molecule has 1 aliphatic rings. The van der Waals surface area contributed by atoms with Crippen LogP contribution in [0.25, 0.3) is 10.2 Å². The van der Waals surface area contributed by atoms with Crippen LogP contribution in [0.1, 0.15) is 22.9 Å². The van der Waals surface area contributed by atoms with Gasteiger partial charge in [0.15, 0.2) is 5.82 Å². The topological polar surface area (TPSA) is 63.8 Å². The Balaban J connectivity index is 2.05. The number of nitrogens with two attached hydrogens (primary N) is 1. The van der Waals surface area contributed by atoms with Crippen molar-refractivity contribution in [1.29, 1.82) is 0 Å². The quantitative estimate of drug-likeness (QED) is 0.671. The summed E-state index contributed by atoms with van der Waals surface area (Å²) in [5, 5.41) is 1.43. The molecule has 1 aliphatic heterocycles. The van der Waals surface area contributed by atoms with Gasteiger partial charge in [0.2, 0.25) is 0 Å². The van der Waals surface area contributed by atoms with Gasteiger partial charge in [-0.1, -0.05) is 6.92 Å². The minimum Gasteiger partial charge on any atom is -0.308 e. The second kappa shape index (κ2) is 5.87. The van der Waals surface area contributed by atoms with E-state index >= 15 is 0 Å². The normalized spacial score (nSPS) is 19.8. The smallest absolute Gasteiger partial charge is 0.152 e. The molecule has 0 radical (unpaired) electrons. The van der Waals surface area contributed by atoms with Crippen LogP contribution in [0.15, 0.2) is 6.07 Å². The SMILES string of the molecule is CCc1cc2c(NN)nc(C3CSCCS3)nc2s1. The number of aromatic nitrogens is 2. The third-order valence-electron chi connectivity index (χ3n) is 3.05. The van der Waals surface area contributed by atoms with Gasteiger partial charge in [-0.15, -0.1) is 23.1 Å². The van der Waals surface area contributed by atoms with Crippen LogP contribution in [0.4, 0.5) is 5.82 Å². The van der Waals surface area contributed by atoms with E-state index in [-0.39, 0.29) is 0 Å². The zero-order chi connectivity index (χ0) is 13.2. The third-order valence-corrected chi connectivity index (χ3v) is 6.97. The lowest BCUT2D eigenvalue weighted by molar-refractivity contribution is 0.944. The van der Waals surface area contributed by atoms with Gasteiger partial charge in [-0.25, -0.2) is 15.8 Å². The molecule has 0 saturated carbocycles. The number of aryl methyl sites for hydroxylation is 1. The fraction of sp³-hybridized carbons (Fsp3) is 0.500. The highest BCUT2D eigenvalue weighted by Gasteiger charge is 2.21. The molecule has 3 rings (SSSR count). The van der Waals surface area contributed by atoms with E-state index in [9.17, 15) is 0 Å².